The summed E-state index contributed by atoms with van der Waals surface area (Å²) in [6.07, 6.45) is 3.18. The van der Waals surface area contributed by atoms with Gasteiger partial charge in [-0.2, -0.15) is 0 Å². The van der Waals surface area contributed by atoms with Gasteiger partial charge < -0.3 is 9.94 Å². The predicted molar refractivity (Wildman–Crippen MR) is 56.9 cm³/mol. The summed E-state index contributed by atoms with van der Waals surface area (Å²) in [5, 5.41) is 10.7. The van der Waals surface area contributed by atoms with Gasteiger partial charge in [-0.15, -0.1) is 0 Å². The van der Waals surface area contributed by atoms with Crippen LogP contribution in [-0.2, 0) is 0 Å². The van der Waals surface area contributed by atoms with E-state index < -0.39 is 0 Å². The molecule has 0 bridgehead atoms. The number of hydrogen-bond donors (Lipinski definition) is 0. The Balaban J connectivity index is 2.68. The fourth-order valence-corrected chi connectivity index (χ4v) is 1.02. The van der Waals surface area contributed by atoms with Crippen molar-refractivity contribution >= 4 is 6.21 Å². The zero-order valence-corrected chi connectivity index (χ0v) is 8.14. The van der Waals surface area contributed by atoms with Crippen LogP contribution in [0, 0.1) is 5.21 Å². The molecule has 0 heterocycles. The molecule has 1 aromatic carbocycles. The number of benzene rings is 1. The highest BCUT2D eigenvalue weighted by atomic mass is 16.5. The van der Waals surface area contributed by atoms with Gasteiger partial charge in [0.25, 0.3) is 0 Å². The summed E-state index contributed by atoms with van der Waals surface area (Å²) < 4.78 is 6.05. The van der Waals surface area contributed by atoms with Crippen LogP contribution in [0.5, 0.6) is 5.75 Å². The van der Waals surface area contributed by atoms with Crippen LogP contribution < -0.4 is 4.74 Å². The molecular weight excluding hydrogens is 178 g/mol. The van der Waals surface area contributed by atoms with E-state index in [0.717, 1.165) is 16.1 Å². The van der Waals surface area contributed by atoms with E-state index in [-0.39, 0.29) is 0 Å². The number of hydrogen-bond acceptors (Lipinski definition) is 2. The van der Waals surface area contributed by atoms with Gasteiger partial charge in [0, 0.05) is 5.56 Å². The Morgan fingerprint density at radius 2 is 2.07 bits per heavy atom. The summed E-state index contributed by atoms with van der Waals surface area (Å²) in [5.74, 6) is 0.774. The molecule has 1 rings (SSSR count). The Bertz CT molecular complexity index is 324. The molecular formula is C11H13NO2. The largest absolute Gasteiger partial charge is 0.624 e. The third kappa shape index (κ3) is 3.31. The zero-order valence-electron chi connectivity index (χ0n) is 8.14. The first-order valence-corrected chi connectivity index (χ1v) is 4.31. The monoisotopic (exact) mass is 191 g/mol. The highest BCUT2D eigenvalue weighted by Gasteiger charge is 1.94. The Kier molecular flexibility index (Phi) is 3.73. The molecule has 0 aliphatic heterocycles. The third-order valence-corrected chi connectivity index (χ3v) is 1.58. The highest BCUT2D eigenvalue weighted by molar-refractivity contribution is 5.75. The molecule has 0 saturated heterocycles. The predicted octanol–water partition coefficient (Wildman–Crippen LogP) is 1.81. The van der Waals surface area contributed by atoms with Gasteiger partial charge in [-0.25, -0.2) is 4.74 Å². The van der Waals surface area contributed by atoms with Crippen molar-refractivity contribution in [2.45, 2.75) is 0 Å². The number of hydroxylamine groups is 1. The molecule has 0 fully saturated rings. The van der Waals surface area contributed by atoms with E-state index in [9.17, 15) is 5.21 Å². The average Bonchev–Trinajstić information content (AvgIpc) is 2.16. The van der Waals surface area contributed by atoms with Crippen molar-refractivity contribution in [3.63, 3.8) is 0 Å². The molecule has 0 unspecified atom stereocenters. The van der Waals surface area contributed by atoms with Crippen molar-refractivity contribution in [3.05, 3.63) is 47.7 Å². The van der Waals surface area contributed by atoms with Crippen molar-refractivity contribution in [2.24, 2.45) is 0 Å². The highest BCUT2D eigenvalue weighted by Crippen LogP contribution is 2.10. The summed E-state index contributed by atoms with van der Waals surface area (Å²) in [7, 11) is 1.45. The molecule has 0 atom stereocenters. The third-order valence-electron chi connectivity index (χ3n) is 1.58. The summed E-state index contributed by atoms with van der Waals surface area (Å²) in [4.78, 5) is 0. The SMILES string of the molecule is C=CCOc1ccc(C=[N+](C)[O-])cc1. The van der Waals surface area contributed by atoms with Crippen molar-refractivity contribution in [2.75, 3.05) is 13.7 Å². The minimum absolute atomic E-state index is 0.491. The fourth-order valence-electron chi connectivity index (χ4n) is 1.02. The van der Waals surface area contributed by atoms with Crippen LogP contribution in [0.3, 0.4) is 0 Å². The lowest BCUT2D eigenvalue weighted by atomic mass is 10.2. The molecule has 1 aromatic rings. The molecule has 0 spiro atoms. The van der Waals surface area contributed by atoms with Gasteiger partial charge in [0.1, 0.15) is 19.4 Å². The van der Waals surface area contributed by atoms with Gasteiger partial charge in [-0.05, 0) is 24.3 Å². The van der Waals surface area contributed by atoms with Crippen molar-refractivity contribution in [1.82, 2.24) is 0 Å². The van der Waals surface area contributed by atoms with Crippen LogP contribution in [0.15, 0.2) is 36.9 Å². The zero-order chi connectivity index (χ0) is 10.4. The molecule has 0 aromatic heterocycles. The Hall–Kier alpha value is -1.77. The quantitative estimate of drug-likeness (QED) is 0.239. The first-order chi connectivity index (χ1) is 6.72. The standard InChI is InChI=1S/C11H13NO2/c1-3-8-14-11-6-4-10(5-7-11)9-12(2)13/h3-7,9H,1,8H2,2H3. The average molecular weight is 191 g/mol. The molecule has 74 valence electrons. The maximum atomic E-state index is 10.7. The van der Waals surface area contributed by atoms with Gasteiger partial charge in [-0.1, -0.05) is 12.7 Å². The molecule has 0 N–H and O–H groups in total. The van der Waals surface area contributed by atoms with Crippen LogP contribution in [0.25, 0.3) is 0 Å². The van der Waals surface area contributed by atoms with E-state index in [0.29, 0.717) is 6.61 Å². The van der Waals surface area contributed by atoms with Crippen LogP contribution in [-0.4, -0.2) is 24.6 Å². The second-order valence-electron chi connectivity index (χ2n) is 2.84. The minimum Gasteiger partial charge on any atom is -0.624 e. The van der Waals surface area contributed by atoms with Gasteiger partial charge in [-0.3, -0.25) is 0 Å². The molecule has 0 aliphatic carbocycles. The summed E-state index contributed by atoms with van der Waals surface area (Å²) >= 11 is 0. The molecule has 0 amide bonds. The topological polar surface area (TPSA) is 35.3 Å². The molecule has 3 heteroatoms. The first-order valence-electron chi connectivity index (χ1n) is 4.31. The lowest BCUT2D eigenvalue weighted by Crippen LogP contribution is -1.97. The van der Waals surface area contributed by atoms with Crippen molar-refractivity contribution < 1.29 is 9.48 Å². The van der Waals surface area contributed by atoms with Crippen molar-refractivity contribution in [1.29, 1.82) is 0 Å². The summed E-state index contributed by atoms with van der Waals surface area (Å²) in [6.45, 7) is 4.04. The van der Waals surface area contributed by atoms with Crippen LogP contribution >= 0.6 is 0 Å². The van der Waals surface area contributed by atoms with E-state index in [2.05, 4.69) is 6.58 Å². The van der Waals surface area contributed by atoms with Gasteiger partial charge >= 0.3 is 0 Å². The smallest absolute Gasteiger partial charge is 0.181 e. The minimum atomic E-state index is 0.491. The fraction of sp³-hybridized carbons (Fsp3) is 0.182. The van der Waals surface area contributed by atoms with E-state index in [1.54, 1.807) is 6.08 Å². The molecule has 14 heavy (non-hydrogen) atoms. The van der Waals surface area contributed by atoms with Gasteiger partial charge in [0.15, 0.2) is 6.21 Å². The number of ether oxygens (including phenoxy) is 1. The van der Waals surface area contributed by atoms with Crippen LogP contribution in [0.2, 0.25) is 0 Å². The van der Waals surface area contributed by atoms with E-state index in [4.69, 9.17) is 4.74 Å². The number of rotatable bonds is 4. The molecule has 0 saturated carbocycles. The van der Waals surface area contributed by atoms with Crippen molar-refractivity contribution in [3.8, 4) is 5.75 Å². The maximum Gasteiger partial charge on any atom is 0.181 e. The lowest BCUT2D eigenvalue weighted by molar-refractivity contribution is -0.416. The van der Waals surface area contributed by atoms with E-state index in [1.807, 2.05) is 24.3 Å². The van der Waals surface area contributed by atoms with Gasteiger partial charge in [0.05, 0.1) is 0 Å². The second-order valence-corrected chi connectivity index (χ2v) is 2.84. The van der Waals surface area contributed by atoms with E-state index >= 15 is 0 Å². The first kappa shape index (κ1) is 10.3. The van der Waals surface area contributed by atoms with Crippen LogP contribution in [0.4, 0.5) is 0 Å². The Morgan fingerprint density at radius 1 is 1.43 bits per heavy atom. The summed E-state index contributed by atoms with van der Waals surface area (Å²) in [6, 6.07) is 7.29. The normalized spacial score (nSPS) is 11.1. The van der Waals surface area contributed by atoms with Crippen LogP contribution in [0.1, 0.15) is 5.56 Å². The molecule has 0 radical (unpaired) electrons. The maximum absolute atomic E-state index is 10.7. The molecule has 3 nitrogen and oxygen atoms in total. The lowest BCUT2D eigenvalue weighted by Gasteiger charge is -2.02. The Labute approximate surface area is 83.5 Å². The van der Waals surface area contributed by atoms with Gasteiger partial charge in [0.2, 0.25) is 0 Å². The summed E-state index contributed by atoms with van der Waals surface area (Å²) in [5.41, 5.74) is 0.855. The Morgan fingerprint density at radius 3 is 2.57 bits per heavy atom. The van der Waals surface area contributed by atoms with E-state index in [1.165, 1.54) is 13.3 Å². The number of nitrogens with zero attached hydrogens (tertiary/aromatic N) is 1. The second kappa shape index (κ2) is 5.07. The molecule has 0 aliphatic rings.